The van der Waals surface area contributed by atoms with Crippen molar-refractivity contribution in [2.24, 2.45) is 0 Å². The molecule has 7 heteroatoms. The summed E-state index contributed by atoms with van der Waals surface area (Å²) in [5, 5.41) is 12.0. The standard InChI is InChI=1S/C6H7N3O3S/c1-9(2)5(10)4-3(6(11)12)7-8-13-4/h1-2H3,(H,11,12). The van der Waals surface area contributed by atoms with E-state index < -0.39 is 11.9 Å². The highest BCUT2D eigenvalue weighted by molar-refractivity contribution is 7.08. The fourth-order valence-corrected chi connectivity index (χ4v) is 1.35. The zero-order valence-corrected chi connectivity index (χ0v) is 7.83. The molecule has 0 fully saturated rings. The molecule has 1 amide bonds. The van der Waals surface area contributed by atoms with Crippen LogP contribution in [0.15, 0.2) is 0 Å². The van der Waals surface area contributed by atoms with E-state index in [1.54, 1.807) is 0 Å². The number of hydrogen-bond donors (Lipinski definition) is 1. The number of rotatable bonds is 2. The molecule has 70 valence electrons. The second-order valence-electron chi connectivity index (χ2n) is 2.46. The van der Waals surface area contributed by atoms with Crippen LogP contribution >= 0.6 is 11.5 Å². The molecule has 0 aliphatic heterocycles. The number of aromatic nitrogens is 2. The molecule has 0 spiro atoms. The van der Waals surface area contributed by atoms with E-state index in [2.05, 4.69) is 9.59 Å². The normalized spacial score (nSPS) is 9.69. The molecule has 1 rings (SSSR count). The maximum Gasteiger partial charge on any atom is 0.358 e. The Labute approximate surface area is 78.0 Å². The number of carboxylic acid groups (broad SMARTS) is 1. The van der Waals surface area contributed by atoms with Crippen LogP contribution in [-0.4, -0.2) is 45.6 Å². The zero-order valence-electron chi connectivity index (χ0n) is 7.01. The predicted octanol–water partition coefficient (Wildman–Crippen LogP) is -0.0619. The van der Waals surface area contributed by atoms with Gasteiger partial charge in [0.1, 0.15) is 4.88 Å². The van der Waals surface area contributed by atoms with Crippen LogP contribution < -0.4 is 0 Å². The van der Waals surface area contributed by atoms with Crippen molar-refractivity contribution in [1.82, 2.24) is 14.5 Å². The maximum atomic E-state index is 11.3. The van der Waals surface area contributed by atoms with Crippen molar-refractivity contribution in [2.75, 3.05) is 14.1 Å². The van der Waals surface area contributed by atoms with Crippen molar-refractivity contribution in [3.8, 4) is 0 Å². The maximum absolute atomic E-state index is 11.3. The number of carbonyl (C=O) groups is 2. The Bertz CT molecular complexity index is 347. The van der Waals surface area contributed by atoms with Crippen LogP contribution in [0.1, 0.15) is 20.2 Å². The quantitative estimate of drug-likeness (QED) is 0.724. The summed E-state index contributed by atoms with van der Waals surface area (Å²) in [6, 6.07) is 0. The second kappa shape index (κ2) is 3.48. The van der Waals surface area contributed by atoms with Gasteiger partial charge in [-0.15, -0.1) is 5.10 Å². The van der Waals surface area contributed by atoms with E-state index in [0.29, 0.717) is 0 Å². The molecule has 0 aliphatic carbocycles. The molecular weight excluding hydrogens is 194 g/mol. The molecule has 1 aromatic rings. The molecule has 6 nitrogen and oxygen atoms in total. The molecule has 0 saturated heterocycles. The molecule has 13 heavy (non-hydrogen) atoms. The molecule has 0 saturated carbocycles. The lowest BCUT2D eigenvalue weighted by Gasteiger charge is -2.07. The Morgan fingerprint density at radius 2 is 2.08 bits per heavy atom. The highest BCUT2D eigenvalue weighted by Crippen LogP contribution is 2.11. The Morgan fingerprint density at radius 3 is 2.54 bits per heavy atom. The average molecular weight is 201 g/mol. The van der Waals surface area contributed by atoms with Gasteiger partial charge in [-0.2, -0.15) is 0 Å². The second-order valence-corrected chi connectivity index (χ2v) is 3.21. The highest BCUT2D eigenvalue weighted by Gasteiger charge is 2.22. The van der Waals surface area contributed by atoms with Gasteiger partial charge < -0.3 is 10.0 Å². The number of hydrogen-bond acceptors (Lipinski definition) is 5. The number of aromatic carboxylic acids is 1. The van der Waals surface area contributed by atoms with Gasteiger partial charge in [-0.1, -0.05) is 4.49 Å². The topological polar surface area (TPSA) is 83.4 Å². The monoisotopic (exact) mass is 201 g/mol. The summed E-state index contributed by atoms with van der Waals surface area (Å²) in [7, 11) is 3.07. The van der Waals surface area contributed by atoms with Crippen molar-refractivity contribution in [3.63, 3.8) is 0 Å². The summed E-state index contributed by atoms with van der Waals surface area (Å²) in [4.78, 5) is 23.2. The van der Waals surface area contributed by atoms with E-state index in [1.165, 1.54) is 19.0 Å². The molecule has 0 aliphatic rings. The van der Waals surface area contributed by atoms with Crippen LogP contribution in [0.5, 0.6) is 0 Å². The van der Waals surface area contributed by atoms with E-state index in [0.717, 1.165) is 11.5 Å². The van der Waals surface area contributed by atoms with Crippen molar-refractivity contribution in [2.45, 2.75) is 0 Å². The van der Waals surface area contributed by atoms with Crippen LogP contribution in [0.4, 0.5) is 0 Å². The van der Waals surface area contributed by atoms with Gasteiger partial charge >= 0.3 is 5.97 Å². The lowest BCUT2D eigenvalue weighted by atomic mass is 10.3. The minimum absolute atomic E-state index is 0.0532. The van der Waals surface area contributed by atoms with E-state index in [1.807, 2.05) is 0 Å². The highest BCUT2D eigenvalue weighted by atomic mass is 32.1. The average Bonchev–Trinajstić information content (AvgIpc) is 2.50. The molecule has 0 unspecified atom stereocenters. The fraction of sp³-hybridized carbons (Fsp3) is 0.333. The summed E-state index contributed by atoms with van der Waals surface area (Å²) in [5.74, 6) is -1.63. The van der Waals surface area contributed by atoms with E-state index in [-0.39, 0.29) is 10.6 Å². The SMILES string of the molecule is CN(C)C(=O)c1snnc1C(=O)O. The number of carboxylic acids is 1. The smallest absolute Gasteiger partial charge is 0.358 e. The van der Waals surface area contributed by atoms with E-state index in [9.17, 15) is 9.59 Å². The van der Waals surface area contributed by atoms with E-state index in [4.69, 9.17) is 5.11 Å². The third-order valence-corrected chi connectivity index (χ3v) is 2.00. The summed E-state index contributed by atoms with van der Waals surface area (Å²) in [5.41, 5.74) is -0.288. The fourth-order valence-electron chi connectivity index (χ4n) is 0.674. The Hall–Kier alpha value is -1.50. The first-order valence-corrected chi connectivity index (χ1v) is 4.08. The molecular formula is C6H7N3O3S. The molecule has 0 aromatic carbocycles. The van der Waals surface area contributed by atoms with Crippen LogP contribution in [-0.2, 0) is 0 Å². The Morgan fingerprint density at radius 1 is 1.46 bits per heavy atom. The van der Waals surface area contributed by atoms with Gasteiger partial charge in [0.05, 0.1) is 0 Å². The van der Waals surface area contributed by atoms with Gasteiger partial charge in [0, 0.05) is 14.1 Å². The lowest BCUT2D eigenvalue weighted by Crippen LogP contribution is -2.22. The molecule has 1 aromatic heterocycles. The minimum atomic E-state index is -1.24. The summed E-state index contributed by atoms with van der Waals surface area (Å²) in [6.07, 6.45) is 0. The Kier molecular flexibility index (Phi) is 2.57. The van der Waals surface area contributed by atoms with Gasteiger partial charge in [-0.3, -0.25) is 4.79 Å². The molecule has 0 bridgehead atoms. The number of nitrogens with zero attached hydrogens (tertiary/aromatic N) is 3. The number of amides is 1. The molecule has 0 radical (unpaired) electrons. The number of carbonyl (C=O) groups excluding carboxylic acids is 1. The molecule has 0 atom stereocenters. The first-order chi connectivity index (χ1) is 6.04. The van der Waals surface area contributed by atoms with Gasteiger partial charge in [0.2, 0.25) is 0 Å². The lowest BCUT2D eigenvalue weighted by molar-refractivity contribution is 0.0679. The molecule has 1 N–H and O–H groups in total. The van der Waals surface area contributed by atoms with Gasteiger partial charge in [0.15, 0.2) is 5.69 Å². The van der Waals surface area contributed by atoms with Crippen molar-refractivity contribution < 1.29 is 14.7 Å². The van der Waals surface area contributed by atoms with Crippen LogP contribution in [0.25, 0.3) is 0 Å². The first-order valence-electron chi connectivity index (χ1n) is 3.31. The first kappa shape index (κ1) is 9.59. The largest absolute Gasteiger partial charge is 0.476 e. The van der Waals surface area contributed by atoms with Gasteiger partial charge in [0.25, 0.3) is 5.91 Å². The van der Waals surface area contributed by atoms with E-state index >= 15 is 0 Å². The van der Waals surface area contributed by atoms with Crippen LogP contribution in [0.2, 0.25) is 0 Å². The summed E-state index contributed by atoms with van der Waals surface area (Å²) < 4.78 is 3.41. The van der Waals surface area contributed by atoms with Crippen LogP contribution in [0, 0.1) is 0 Å². The van der Waals surface area contributed by atoms with Crippen molar-refractivity contribution in [3.05, 3.63) is 10.6 Å². The van der Waals surface area contributed by atoms with Gasteiger partial charge in [-0.25, -0.2) is 4.79 Å². The van der Waals surface area contributed by atoms with Gasteiger partial charge in [-0.05, 0) is 11.5 Å². The predicted molar refractivity (Wildman–Crippen MR) is 44.9 cm³/mol. The summed E-state index contributed by atoms with van der Waals surface area (Å²) >= 11 is 0.781. The third-order valence-electron chi connectivity index (χ3n) is 1.29. The van der Waals surface area contributed by atoms with Crippen LogP contribution in [0.3, 0.4) is 0 Å². The molecule has 1 heterocycles. The zero-order chi connectivity index (χ0) is 10.0. The third kappa shape index (κ3) is 1.81. The van der Waals surface area contributed by atoms with Crippen molar-refractivity contribution >= 4 is 23.4 Å². The van der Waals surface area contributed by atoms with Crippen molar-refractivity contribution in [1.29, 1.82) is 0 Å². The minimum Gasteiger partial charge on any atom is -0.476 e. The Balaban J connectivity index is 3.08. The summed E-state index contributed by atoms with van der Waals surface area (Å²) in [6.45, 7) is 0.